The number of nitrogens with zero attached hydrogens (tertiary/aromatic N) is 2. The molecule has 2 aromatic heterocycles. The monoisotopic (exact) mass is 395 g/mol. The molecule has 5 rings (SSSR count). The molecule has 0 bridgehead atoms. The summed E-state index contributed by atoms with van der Waals surface area (Å²) in [5.74, 6) is -0.569. The molecule has 0 fully saturated rings. The number of amides is 1. The van der Waals surface area contributed by atoms with Gasteiger partial charge in [-0.1, -0.05) is 36.4 Å². The summed E-state index contributed by atoms with van der Waals surface area (Å²) >= 11 is 0. The zero-order valence-corrected chi connectivity index (χ0v) is 16.1. The number of carbonyl (C=O) groups is 1. The number of hydrogen-bond acceptors (Lipinski definition) is 4. The van der Waals surface area contributed by atoms with Crippen LogP contribution in [0.2, 0.25) is 0 Å². The molecular weight excluding hydrogens is 378 g/mol. The van der Waals surface area contributed by atoms with E-state index in [1.165, 1.54) is 6.07 Å². The lowest BCUT2D eigenvalue weighted by Crippen LogP contribution is -2.26. The fourth-order valence-electron chi connectivity index (χ4n) is 3.53. The summed E-state index contributed by atoms with van der Waals surface area (Å²) in [6, 6.07) is 23.9. The lowest BCUT2D eigenvalue weighted by Gasteiger charge is -2.11. The van der Waals surface area contributed by atoms with E-state index in [0.717, 1.165) is 22.0 Å². The third-order valence-corrected chi connectivity index (χ3v) is 4.96. The predicted octanol–water partition coefficient (Wildman–Crippen LogP) is 4.69. The highest BCUT2D eigenvalue weighted by molar-refractivity contribution is 6.08. The van der Waals surface area contributed by atoms with E-state index in [9.17, 15) is 9.59 Å². The van der Waals surface area contributed by atoms with Gasteiger partial charge in [0.1, 0.15) is 11.2 Å². The van der Waals surface area contributed by atoms with Crippen molar-refractivity contribution in [2.45, 2.75) is 6.92 Å². The number of para-hydroxylation sites is 2. The van der Waals surface area contributed by atoms with Crippen molar-refractivity contribution in [2.75, 3.05) is 5.32 Å². The van der Waals surface area contributed by atoms with Crippen LogP contribution in [0.15, 0.2) is 88.1 Å². The fourth-order valence-corrected chi connectivity index (χ4v) is 3.53. The van der Waals surface area contributed by atoms with Gasteiger partial charge in [0.15, 0.2) is 5.69 Å². The summed E-state index contributed by atoms with van der Waals surface area (Å²) in [6.45, 7) is 1.78. The smallest absolute Gasteiger partial charge is 0.280 e. The molecule has 2 heterocycles. The average Bonchev–Trinajstić information content (AvgIpc) is 3.12. The van der Waals surface area contributed by atoms with E-state index in [2.05, 4.69) is 10.4 Å². The second-order valence-electron chi connectivity index (χ2n) is 7.01. The Kier molecular flexibility index (Phi) is 4.17. The first-order valence-corrected chi connectivity index (χ1v) is 9.49. The minimum atomic E-state index is -0.569. The summed E-state index contributed by atoms with van der Waals surface area (Å²) in [5, 5.41) is 9.03. The summed E-state index contributed by atoms with van der Waals surface area (Å²) in [6.07, 6.45) is 0. The highest BCUT2D eigenvalue weighted by Gasteiger charge is 2.16. The van der Waals surface area contributed by atoms with Gasteiger partial charge in [0.05, 0.1) is 5.69 Å². The lowest BCUT2D eigenvalue weighted by molar-refractivity contribution is 0.101. The molecule has 6 nitrogen and oxygen atoms in total. The number of hydrogen-bond donors (Lipinski definition) is 1. The number of aryl methyl sites for hydroxylation is 1. The summed E-state index contributed by atoms with van der Waals surface area (Å²) < 4.78 is 7.45. The minimum absolute atomic E-state index is 0.172. The zero-order chi connectivity index (χ0) is 20.7. The SMILES string of the molecule is Cc1cc(=O)c(C(=O)Nc2ccc3c(c2)oc2ccccc23)nn1-c1ccccc1. The average molecular weight is 395 g/mol. The number of fused-ring (bicyclic) bond motifs is 3. The van der Waals surface area contributed by atoms with Crippen molar-refractivity contribution in [1.29, 1.82) is 0 Å². The van der Waals surface area contributed by atoms with Crippen LogP contribution in [0.25, 0.3) is 27.6 Å². The number of furan rings is 1. The van der Waals surface area contributed by atoms with Crippen molar-refractivity contribution >= 4 is 33.5 Å². The van der Waals surface area contributed by atoms with Crippen molar-refractivity contribution in [1.82, 2.24) is 9.78 Å². The van der Waals surface area contributed by atoms with Gasteiger partial charge in [-0.25, -0.2) is 4.68 Å². The maximum atomic E-state index is 12.8. The molecule has 0 aliphatic carbocycles. The molecule has 5 aromatic rings. The van der Waals surface area contributed by atoms with Crippen LogP contribution in [-0.4, -0.2) is 15.7 Å². The second-order valence-corrected chi connectivity index (χ2v) is 7.01. The van der Waals surface area contributed by atoms with Gasteiger partial charge in [0.25, 0.3) is 5.91 Å². The summed E-state index contributed by atoms with van der Waals surface area (Å²) in [7, 11) is 0. The van der Waals surface area contributed by atoms with E-state index in [0.29, 0.717) is 17.0 Å². The topological polar surface area (TPSA) is 77.1 Å². The summed E-state index contributed by atoms with van der Waals surface area (Å²) in [4.78, 5) is 25.3. The molecule has 6 heteroatoms. The molecule has 3 aromatic carbocycles. The number of nitrogens with one attached hydrogen (secondary N) is 1. The van der Waals surface area contributed by atoms with Gasteiger partial charge in [-0.05, 0) is 37.3 Å². The van der Waals surface area contributed by atoms with Gasteiger partial charge < -0.3 is 9.73 Å². The Hall–Kier alpha value is -4.19. The Balaban J connectivity index is 1.51. The Bertz CT molecular complexity index is 1470. The lowest BCUT2D eigenvalue weighted by atomic mass is 10.1. The van der Waals surface area contributed by atoms with Crippen LogP contribution >= 0.6 is 0 Å². The highest BCUT2D eigenvalue weighted by atomic mass is 16.3. The molecule has 146 valence electrons. The van der Waals surface area contributed by atoms with Crippen LogP contribution in [0.4, 0.5) is 5.69 Å². The van der Waals surface area contributed by atoms with Crippen LogP contribution in [0.5, 0.6) is 0 Å². The van der Waals surface area contributed by atoms with E-state index in [4.69, 9.17) is 4.42 Å². The molecule has 0 spiro atoms. The van der Waals surface area contributed by atoms with E-state index in [-0.39, 0.29) is 5.69 Å². The van der Waals surface area contributed by atoms with E-state index in [1.807, 2.05) is 60.7 Å². The standard InChI is InChI=1S/C24H17N3O3/c1-15-13-20(28)23(26-27(15)17-7-3-2-4-8-17)24(29)25-16-11-12-19-18-9-5-6-10-21(18)30-22(19)14-16/h2-14H,1H3,(H,25,29). The first-order chi connectivity index (χ1) is 14.6. The molecular formula is C24H17N3O3. The Morgan fingerprint density at radius 3 is 2.47 bits per heavy atom. The number of aromatic nitrogens is 2. The van der Waals surface area contributed by atoms with Gasteiger partial charge in [-0.3, -0.25) is 9.59 Å². The van der Waals surface area contributed by atoms with Crippen LogP contribution < -0.4 is 10.7 Å². The molecule has 1 amide bonds. The molecule has 30 heavy (non-hydrogen) atoms. The maximum Gasteiger partial charge on any atom is 0.280 e. The van der Waals surface area contributed by atoms with Crippen molar-refractivity contribution in [3.05, 3.63) is 100 Å². The summed E-state index contributed by atoms with van der Waals surface area (Å²) in [5.41, 5.74) is 2.78. The molecule has 0 saturated carbocycles. The van der Waals surface area contributed by atoms with E-state index < -0.39 is 11.3 Å². The normalized spacial score (nSPS) is 11.1. The third-order valence-electron chi connectivity index (χ3n) is 4.96. The van der Waals surface area contributed by atoms with Gasteiger partial charge in [0, 0.05) is 34.3 Å². The van der Waals surface area contributed by atoms with Crippen molar-refractivity contribution < 1.29 is 9.21 Å². The molecule has 0 aliphatic heterocycles. The van der Waals surface area contributed by atoms with Crippen LogP contribution in [-0.2, 0) is 0 Å². The zero-order valence-electron chi connectivity index (χ0n) is 16.1. The van der Waals surface area contributed by atoms with E-state index >= 15 is 0 Å². The Morgan fingerprint density at radius 2 is 1.63 bits per heavy atom. The quantitative estimate of drug-likeness (QED) is 0.481. The number of anilines is 1. The van der Waals surface area contributed by atoms with E-state index in [1.54, 1.807) is 23.7 Å². The van der Waals surface area contributed by atoms with Gasteiger partial charge in [0.2, 0.25) is 5.43 Å². The van der Waals surface area contributed by atoms with Crippen molar-refractivity contribution in [2.24, 2.45) is 0 Å². The highest BCUT2D eigenvalue weighted by Crippen LogP contribution is 2.30. The second kappa shape index (κ2) is 7.00. The largest absolute Gasteiger partial charge is 0.456 e. The molecule has 0 saturated heterocycles. The molecule has 0 unspecified atom stereocenters. The van der Waals surface area contributed by atoms with Crippen LogP contribution in [0, 0.1) is 6.92 Å². The van der Waals surface area contributed by atoms with Crippen molar-refractivity contribution in [3.63, 3.8) is 0 Å². The maximum absolute atomic E-state index is 12.8. The number of benzene rings is 3. The van der Waals surface area contributed by atoms with Gasteiger partial charge in [-0.15, -0.1) is 0 Å². The number of carbonyl (C=O) groups excluding carboxylic acids is 1. The molecule has 1 N–H and O–H groups in total. The van der Waals surface area contributed by atoms with Gasteiger partial charge in [-0.2, -0.15) is 5.10 Å². The molecule has 0 aliphatic rings. The van der Waals surface area contributed by atoms with Crippen LogP contribution in [0.1, 0.15) is 16.2 Å². The molecule has 0 atom stereocenters. The van der Waals surface area contributed by atoms with Crippen molar-refractivity contribution in [3.8, 4) is 5.69 Å². The van der Waals surface area contributed by atoms with Crippen LogP contribution in [0.3, 0.4) is 0 Å². The number of rotatable bonds is 3. The fraction of sp³-hybridized carbons (Fsp3) is 0.0417. The Morgan fingerprint density at radius 1 is 0.900 bits per heavy atom. The first kappa shape index (κ1) is 17.9. The van der Waals surface area contributed by atoms with Gasteiger partial charge >= 0.3 is 0 Å². The third kappa shape index (κ3) is 3.04. The Labute approximate surface area is 171 Å². The predicted molar refractivity (Wildman–Crippen MR) is 116 cm³/mol. The first-order valence-electron chi connectivity index (χ1n) is 9.49. The molecule has 0 radical (unpaired) electrons. The minimum Gasteiger partial charge on any atom is -0.456 e.